The SMILES string of the molecule is CC(C)P(C)CC#N. The van der Waals surface area contributed by atoms with Crippen molar-refractivity contribution in [1.82, 2.24) is 0 Å². The van der Waals surface area contributed by atoms with Gasteiger partial charge >= 0.3 is 0 Å². The fraction of sp³-hybridized carbons (Fsp3) is 0.833. The molecule has 0 radical (unpaired) electrons. The van der Waals surface area contributed by atoms with E-state index in [1.807, 2.05) is 0 Å². The average molecular weight is 129 g/mol. The maximum atomic E-state index is 8.25. The van der Waals surface area contributed by atoms with Crippen LogP contribution in [0.25, 0.3) is 0 Å². The third kappa shape index (κ3) is 2.99. The zero-order chi connectivity index (χ0) is 6.57. The summed E-state index contributed by atoms with van der Waals surface area (Å²) in [7, 11) is -0.000772. The van der Waals surface area contributed by atoms with Crippen molar-refractivity contribution in [3.63, 3.8) is 0 Å². The molecule has 0 aromatic carbocycles. The van der Waals surface area contributed by atoms with Crippen molar-refractivity contribution in [3.05, 3.63) is 0 Å². The molecule has 46 valence electrons. The van der Waals surface area contributed by atoms with Gasteiger partial charge in [0.15, 0.2) is 0 Å². The molecule has 0 spiro atoms. The summed E-state index contributed by atoms with van der Waals surface area (Å²) < 4.78 is 0. The van der Waals surface area contributed by atoms with Crippen LogP contribution in [0, 0.1) is 11.3 Å². The second kappa shape index (κ2) is 3.87. The zero-order valence-electron chi connectivity index (χ0n) is 5.68. The Labute approximate surface area is 52.5 Å². The molecule has 0 aromatic rings. The topological polar surface area (TPSA) is 23.8 Å². The van der Waals surface area contributed by atoms with Crippen LogP contribution in [0.5, 0.6) is 0 Å². The van der Waals surface area contributed by atoms with Crippen LogP contribution in [0.3, 0.4) is 0 Å². The van der Waals surface area contributed by atoms with Crippen LogP contribution in [0.4, 0.5) is 0 Å². The molecule has 1 unspecified atom stereocenters. The second-order valence-electron chi connectivity index (χ2n) is 2.17. The van der Waals surface area contributed by atoms with Crippen molar-refractivity contribution < 1.29 is 0 Å². The van der Waals surface area contributed by atoms with Gasteiger partial charge in [0.1, 0.15) is 0 Å². The highest BCUT2D eigenvalue weighted by molar-refractivity contribution is 7.57. The minimum atomic E-state index is -0.000772. The Morgan fingerprint density at radius 2 is 2.12 bits per heavy atom. The molecule has 0 saturated carbocycles. The molecule has 0 aliphatic heterocycles. The molecule has 0 aliphatic rings. The van der Waals surface area contributed by atoms with Gasteiger partial charge in [0.05, 0.1) is 12.2 Å². The first-order valence-corrected chi connectivity index (χ1v) is 4.80. The minimum Gasteiger partial charge on any atom is -0.198 e. The van der Waals surface area contributed by atoms with E-state index in [2.05, 4.69) is 26.6 Å². The first-order valence-electron chi connectivity index (χ1n) is 2.75. The number of nitrogens with zero attached hydrogens (tertiary/aromatic N) is 1. The second-order valence-corrected chi connectivity index (χ2v) is 5.03. The largest absolute Gasteiger partial charge is 0.198 e. The van der Waals surface area contributed by atoms with Crippen molar-refractivity contribution in [2.24, 2.45) is 0 Å². The highest BCUT2D eigenvalue weighted by atomic mass is 31.1. The predicted molar refractivity (Wildman–Crippen MR) is 38.5 cm³/mol. The highest BCUT2D eigenvalue weighted by Crippen LogP contribution is 2.35. The Morgan fingerprint density at radius 3 is 2.25 bits per heavy atom. The van der Waals surface area contributed by atoms with Crippen LogP contribution < -0.4 is 0 Å². The van der Waals surface area contributed by atoms with Crippen molar-refractivity contribution in [3.8, 4) is 6.07 Å². The normalized spacial score (nSPS) is 13.4. The molecule has 0 saturated heterocycles. The number of hydrogen-bond acceptors (Lipinski definition) is 1. The molecular weight excluding hydrogens is 117 g/mol. The summed E-state index contributed by atoms with van der Waals surface area (Å²) in [5.74, 6) is 0. The van der Waals surface area contributed by atoms with Crippen molar-refractivity contribution in [2.75, 3.05) is 12.8 Å². The lowest BCUT2D eigenvalue weighted by molar-refractivity contribution is 1.09. The molecule has 0 rings (SSSR count). The van der Waals surface area contributed by atoms with E-state index in [1.165, 1.54) is 0 Å². The Morgan fingerprint density at radius 1 is 1.62 bits per heavy atom. The first-order chi connectivity index (χ1) is 3.68. The smallest absolute Gasteiger partial charge is 0.0668 e. The number of nitriles is 1. The summed E-state index contributed by atoms with van der Waals surface area (Å²) in [6.45, 7) is 6.51. The highest BCUT2D eigenvalue weighted by Gasteiger charge is 2.02. The van der Waals surface area contributed by atoms with Crippen LogP contribution in [0.15, 0.2) is 0 Å². The van der Waals surface area contributed by atoms with E-state index in [-0.39, 0.29) is 7.92 Å². The van der Waals surface area contributed by atoms with Crippen LogP contribution in [0.1, 0.15) is 13.8 Å². The standard InChI is InChI=1S/C6H12NP/c1-6(2)8(3)5-4-7/h6H,5H2,1-3H3. The molecule has 2 heteroatoms. The van der Waals surface area contributed by atoms with Gasteiger partial charge in [0, 0.05) is 0 Å². The lowest BCUT2D eigenvalue weighted by Gasteiger charge is -2.10. The molecule has 1 atom stereocenters. The molecule has 0 aromatic heterocycles. The molecule has 0 amide bonds. The summed E-state index contributed by atoms with van der Waals surface area (Å²) >= 11 is 0. The summed E-state index contributed by atoms with van der Waals surface area (Å²) in [5.41, 5.74) is 0.713. The van der Waals surface area contributed by atoms with Crippen LogP contribution >= 0.6 is 7.92 Å². The van der Waals surface area contributed by atoms with Crippen molar-refractivity contribution >= 4 is 7.92 Å². The molecular formula is C6H12NP. The lowest BCUT2D eigenvalue weighted by atomic mass is 10.6. The van der Waals surface area contributed by atoms with E-state index in [0.717, 1.165) is 6.16 Å². The number of hydrogen-bond donors (Lipinski definition) is 0. The fourth-order valence-corrected chi connectivity index (χ4v) is 0.882. The fourth-order valence-electron chi connectivity index (χ4n) is 0.294. The lowest BCUT2D eigenvalue weighted by Crippen LogP contribution is -1.92. The Kier molecular flexibility index (Phi) is 3.83. The van der Waals surface area contributed by atoms with Crippen molar-refractivity contribution in [1.29, 1.82) is 5.26 Å². The van der Waals surface area contributed by atoms with Crippen molar-refractivity contribution in [2.45, 2.75) is 19.5 Å². The van der Waals surface area contributed by atoms with Crippen LogP contribution in [-0.4, -0.2) is 18.5 Å². The van der Waals surface area contributed by atoms with Gasteiger partial charge in [-0.2, -0.15) is 5.26 Å². The van der Waals surface area contributed by atoms with Gasteiger partial charge in [-0.25, -0.2) is 0 Å². The van der Waals surface area contributed by atoms with Gasteiger partial charge in [-0.1, -0.05) is 21.8 Å². The zero-order valence-corrected chi connectivity index (χ0v) is 6.57. The van der Waals surface area contributed by atoms with E-state index in [0.29, 0.717) is 5.66 Å². The third-order valence-electron chi connectivity index (χ3n) is 1.20. The van der Waals surface area contributed by atoms with Gasteiger partial charge in [0.25, 0.3) is 0 Å². The summed E-state index contributed by atoms with van der Waals surface area (Å²) in [6, 6.07) is 2.18. The molecule has 0 fully saturated rings. The minimum absolute atomic E-state index is 0.000772. The van der Waals surface area contributed by atoms with E-state index in [1.54, 1.807) is 0 Å². The number of rotatable bonds is 2. The molecule has 1 nitrogen and oxygen atoms in total. The summed E-state index contributed by atoms with van der Waals surface area (Å²) in [5, 5.41) is 8.25. The van der Waals surface area contributed by atoms with Crippen LogP contribution in [-0.2, 0) is 0 Å². The Balaban J connectivity index is 3.35. The maximum Gasteiger partial charge on any atom is 0.0668 e. The summed E-state index contributed by atoms with van der Waals surface area (Å²) in [4.78, 5) is 0. The van der Waals surface area contributed by atoms with E-state index < -0.39 is 0 Å². The van der Waals surface area contributed by atoms with Gasteiger partial charge < -0.3 is 0 Å². The maximum absolute atomic E-state index is 8.25. The van der Waals surface area contributed by atoms with E-state index in [9.17, 15) is 0 Å². The van der Waals surface area contributed by atoms with Crippen LogP contribution in [0.2, 0.25) is 0 Å². The average Bonchev–Trinajstić information content (AvgIpc) is 1.67. The van der Waals surface area contributed by atoms with E-state index in [4.69, 9.17) is 5.26 Å². The molecule has 8 heavy (non-hydrogen) atoms. The van der Waals surface area contributed by atoms with Gasteiger partial charge in [-0.05, 0) is 12.3 Å². The molecule has 0 N–H and O–H groups in total. The molecule has 0 heterocycles. The van der Waals surface area contributed by atoms with E-state index >= 15 is 0 Å². The van der Waals surface area contributed by atoms with Gasteiger partial charge in [-0.3, -0.25) is 0 Å². The first kappa shape index (κ1) is 7.92. The molecule has 0 aliphatic carbocycles. The summed E-state index contributed by atoms with van der Waals surface area (Å²) in [6.07, 6.45) is 0.757. The quantitative estimate of drug-likeness (QED) is 0.523. The van der Waals surface area contributed by atoms with Gasteiger partial charge in [-0.15, -0.1) is 0 Å². The van der Waals surface area contributed by atoms with Gasteiger partial charge in [0.2, 0.25) is 0 Å². The molecule has 0 bridgehead atoms. The monoisotopic (exact) mass is 129 g/mol. The third-order valence-corrected chi connectivity index (χ3v) is 3.60. The Bertz CT molecular complexity index is 93.2. The Hall–Kier alpha value is -0.0800. The predicted octanol–water partition coefficient (Wildman–Crippen LogP) is 2.03.